The van der Waals surface area contributed by atoms with Gasteiger partial charge in [-0.25, -0.2) is 9.56 Å². The minimum Gasteiger partial charge on any atom is -0.484 e. The smallest absolute Gasteiger partial charge is 0.231 e. The van der Waals surface area contributed by atoms with Crippen molar-refractivity contribution in [3.63, 3.8) is 0 Å². The number of hydrogen-bond acceptors (Lipinski definition) is 4. The van der Waals surface area contributed by atoms with Crippen molar-refractivity contribution in [2.24, 2.45) is 11.8 Å². The van der Waals surface area contributed by atoms with Crippen LogP contribution in [0.4, 0.5) is 0 Å². The van der Waals surface area contributed by atoms with Crippen LogP contribution in [0.1, 0.15) is 62.2 Å². The van der Waals surface area contributed by atoms with Gasteiger partial charge >= 0.3 is 0 Å². The van der Waals surface area contributed by atoms with E-state index in [0.29, 0.717) is 18.4 Å². The molecular weight excluding hydrogens is 424 g/mol. The summed E-state index contributed by atoms with van der Waals surface area (Å²) in [5.41, 5.74) is 1.16. The van der Waals surface area contributed by atoms with E-state index in [4.69, 9.17) is 9.15 Å². The normalized spacial score (nSPS) is 24.4. The second kappa shape index (κ2) is 9.03. The van der Waals surface area contributed by atoms with Gasteiger partial charge in [0.15, 0.2) is 29.7 Å². The highest BCUT2D eigenvalue weighted by Crippen LogP contribution is 2.44. The lowest BCUT2D eigenvalue weighted by molar-refractivity contribution is -0.569. The first-order chi connectivity index (χ1) is 16.7. The Bertz CT molecular complexity index is 1140. The number of para-hydroxylation sites is 1. The molecular formula is C29H33N2O3+. The Morgan fingerprint density at radius 3 is 2.41 bits per heavy atom. The molecule has 1 N–H and O–H groups in total. The van der Waals surface area contributed by atoms with Gasteiger partial charge in [-0.3, -0.25) is 0 Å². The molecule has 2 fully saturated rings. The molecule has 2 unspecified atom stereocenters. The van der Waals surface area contributed by atoms with Crippen LogP contribution < -0.4 is 4.74 Å². The third kappa shape index (κ3) is 3.96. The fourth-order valence-electron chi connectivity index (χ4n) is 6.04. The molecule has 2 aliphatic carbocycles. The average Bonchev–Trinajstić information content (AvgIpc) is 3.33. The minimum absolute atomic E-state index is 0.121. The van der Waals surface area contributed by atoms with Crippen LogP contribution in [0.25, 0.3) is 0 Å². The maximum absolute atomic E-state index is 12.1. The van der Waals surface area contributed by atoms with Gasteiger partial charge in [-0.05, 0) is 30.5 Å². The predicted molar refractivity (Wildman–Crippen MR) is 130 cm³/mol. The first-order valence-electron chi connectivity index (χ1n) is 12.7. The number of benzene rings is 2. The zero-order valence-electron chi connectivity index (χ0n) is 19.6. The Hall–Kier alpha value is -2.92. The Balaban J connectivity index is 1.23. The van der Waals surface area contributed by atoms with Gasteiger partial charge in [0.05, 0.1) is 6.20 Å². The third-order valence-electron chi connectivity index (χ3n) is 8.04. The molecule has 2 saturated carbocycles. The standard InChI is InChI=1S/C29H33N2O3/c32-29(22-10-4-1-5-11-22,23-12-6-2-7-13-23)28-30-18-26(34-28)19-31-20-27(21-16-24(31)17-21)33-25-14-8-3-9-15-25/h1,3-5,8-11,14-15,18,21,23,27,32H,2,6-7,12-13,16-17,19-20H2/q+1. The zero-order valence-corrected chi connectivity index (χ0v) is 19.6. The summed E-state index contributed by atoms with van der Waals surface area (Å²) < 4.78 is 15.0. The van der Waals surface area contributed by atoms with E-state index < -0.39 is 5.60 Å². The van der Waals surface area contributed by atoms with Crippen molar-refractivity contribution in [2.75, 3.05) is 6.54 Å². The fraction of sp³-hybridized carbons (Fsp3) is 0.448. The average molecular weight is 458 g/mol. The van der Waals surface area contributed by atoms with Crippen molar-refractivity contribution in [1.29, 1.82) is 0 Å². The van der Waals surface area contributed by atoms with Gasteiger partial charge in [0.1, 0.15) is 5.75 Å². The van der Waals surface area contributed by atoms with Gasteiger partial charge in [-0.1, -0.05) is 67.8 Å². The summed E-state index contributed by atoms with van der Waals surface area (Å²) in [4.78, 5) is 4.65. The molecule has 1 aromatic heterocycles. The first-order valence-corrected chi connectivity index (χ1v) is 12.7. The van der Waals surface area contributed by atoms with Crippen molar-refractivity contribution in [3.8, 4) is 5.75 Å². The van der Waals surface area contributed by atoms with E-state index in [1.807, 2.05) is 66.9 Å². The number of fused-ring (bicyclic) bond motifs is 2. The molecule has 4 aliphatic rings. The summed E-state index contributed by atoms with van der Waals surface area (Å²) >= 11 is 0. The van der Waals surface area contributed by atoms with Crippen LogP contribution in [0.15, 0.2) is 71.3 Å². The molecule has 34 heavy (non-hydrogen) atoms. The molecule has 3 aromatic rings. The van der Waals surface area contributed by atoms with Crippen LogP contribution >= 0.6 is 0 Å². The van der Waals surface area contributed by atoms with E-state index in [2.05, 4.69) is 9.56 Å². The van der Waals surface area contributed by atoms with Gasteiger partial charge in [-0.2, -0.15) is 0 Å². The molecule has 5 nitrogen and oxygen atoms in total. The Labute approximate surface area is 201 Å². The Morgan fingerprint density at radius 2 is 1.68 bits per heavy atom. The van der Waals surface area contributed by atoms with E-state index in [1.165, 1.54) is 12.1 Å². The number of hydrogen-bond donors (Lipinski definition) is 1. The number of ether oxygens (including phenoxy) is 1. The second-order valence-electron chi connectivity index (χ2n) is 10.2. The molecule has 0 radical (unpaired) electrons. The highest BCUT2D eigenvalue weighted by atomic mass is 16.5. The lowest BCUT2D eigenvalue weighted by Gasteiger charge is -2.38. The number of aromatic nitrogens is 1. The SMILES string of the molecule is OC(c1ccccc1)(c1ncc(C[N+]2=C3CC(C3)C(Oc3ccccc3)C2)o1)C1CCCCC1. The summed E-state index contributed by atoms with van der Waals surface area (Å²) in [5.74, 6) is 2.90. The zero-order chi connectivity index (χ0) is 23.0. The van der Waals surface area contributed by atoms with Crippen LogP contribution in [0.3, 0.4) is 0 Å². The number of aliphatic hydroxyl groups is 1. The highest BCUT2D eigenvalue weighted by molar-refractivity contribution is 5.86. The molecule has 7 rings (SSSR count). The molecule has 5 heteroatoms. The topological polar surface area (TPSA) is 58.5 Å². The van der Waals surface area contributed by atoms with Crippen molar-refractivity contribution in [2.45, 2.75) is 63.2 Å². The largest absolute Gasteiger partial charge is 0.484 e. The maximum Gasteiger partial charge on any atom is 0.231 e. The highest BCUT2D eigenvalue weighted by Gasteiger charge is 2.47. The molecule has 3 heterocycles. The van der Waals surface area contributed by atoms with E-state index in [0.717, 1.165) is 62.1 Å². The lowest BCUT2D eigenvalue weighted by atomic mass is 9.73. The van der Waals surface area contributed by atoms with E-state index in [9.17, 15) is 5.11 Å². The van der Waals surface area contributed by atoms with Gasteiger partial charge in [0.2, 0.25) is 12.4 Å². The summed E-state index contributed by atoms with van der Waals surface area (Å²) in [5, 5.41) is 12.1. The van der Waals surface area contributed by atoms with Crippen LogP contribution in [0.2, 0.25) is 0 Å². The van der Waals surface area contributed by atoms with Crippen molar-refractivity contribution >= 4 is 5.71 Å². The molecule has 176 valence electrons. The maximum atomic E-state index is 12.1. The second-order valence-corrected chi connectivity index (χ2v) is 10.2. The van der Waals surface area contributed by atoms with Crippen LogP contribution in [0.5, 0.6) is 5.75 Å². The number of rotatable bonds is 7. The Kier molecular flexibility index (Phi) is 5.74. The lowest BCUT2D eigenvalue weighted by Crippen LogP contribution is -2.52. The molecule has 0 spiro atoms. The summed E-state index contributed by atoms with van der Waals surface area (Å²) in [7, 11) is 0. The number of oxazole rings is 1. The first kappa shape index (κ1) is 21.6. The van der Waals surface area contributed by atoms with Crippen LogP contribution in [-0.2, 0) is 12.1 Å². The molecule has 0 amide bonds. The quantitative estimate of drug-likeness (QED) is 0.488. The van der Waals surface area contributed by atoms with Gasteiger partial charge in [0.25, 0.3) is 0 Å². The van der Waals surface area contributed by atoms with E-state index in [-0.39, 0.29) is 12.0 Å². The monoisotopic (exact) mass is 457 g/mol. The van der Waals surface area contributed by atoms with Crippen LogP contribution in [0, 0.1) is 11.8 Å². The molecule has 0 saturated heterocycles. The van der Waals surface area contributed by atoms with E-state index >= 15 is 0 Å². The minimum atomic E-state index is -1.19. The van der Waals surface area contributed by atoms with Crippen molar-refractivity contribution in [1.82, 2.24) is 4.98 Å². The third-order valence-corrected chi connectivity index (χ3v) is 8.04. The molecule has 2 bridgehead atoms. The predicted octanol–water partition coefficient (Wildman–Crippen LogP) is 5.32. The molecule has 2 aliphatic heterocycles. The molecule has 2 aromatic carbocycles. The van der Waals surface area contributed by atoms with Gasteiger partial charge in [-0.15, -0.1) is 0 Å². The number of nitrogens with zero attached hydrogens (tertiary/aromatic N) is 2. The van der Waals surface area contributed by atoms with Gasteiger partial charge in [0, 0.05) is 24.7 Å². The summed E-state index contributed by atoms with van der Waals surface area (Å²) in [6.07, 6.45) is 9.69. The fourth-order valence-corrected chi connectivity index (χ4v) is 6.04. The summed E-state index contributed by atoms with van der Waals surface area (Å²) in [6.45, 7) is 1.52. The van der Waals surface area contributed by atoms with Gasteiger partial charge < -0.3 is 14.3 Å². The van der Waals surface area contributed by atoms with E-state index in [1.54, 1.807) is 0 Å². The molecule has 2 atom stereocenters. The Morgan fingerprint density at radius 1 is 0.971 bits per heavy atom. The van der Waals surface area contributed by atoms with Crippen molar-refractivity contribution < 1.29 is 18.8 Å². The summed E-state index contributed by atoms with van der Waals surface area (Å²) in [6, 6.07) is 20.1. The van der Waals surface area contributed by atoms with Crippen LogP contribution in [-0.4, -0.2) is 33.0 Å². The van der Waals surface area contributed by atoms with Crippen molar-refractivity contribution in [3.05, 3.63) is 84.1 Å².